The molecule has 0 atom stereocenters. The summed E-state index contributed by atoms with van der Waals surface area (Å²) in [5.41, 5.74) is 0. The molecular formula is C4H5N2O2. The molecule has 2 aliphatic heterocycles. The Balaban J connectivity index is 2.13. The summed E-state index contributed by atoms with van der Waals surface area (Å²) in [5, 5.41) is 2.85. The summed E-state index contributed by atoms with van der Waals surface area (Å²) in [6.45, 7) is 0.943. The summed E-state index contributed by atoms with van der Waals surface area (Å²) in [4.78, 5) is 3.77. The van der Waals surface area contributed by atoms with Crippen molar-refractivity contribution in [2.75, 3.05) is 13.3 Å². The van der Waals surface area contributed by atoms with Crippen LogP contribution in [0.4, 0.5) is 0 Å². The van der Waals surface area contributed by atoms with Gasteiger partial charge in [-0.1, -0.05) is 0 Å². The van der Waals surface area contributed by atoms with Gasteiger partial charge in [-0.3, -0.25) is 9.47 Å². The molecule has 0 aliphatic carbocycles. The first-order chi connectivity index (χ1) is 3.91. The van der Waals surface area contributed by atoms with E-state index in [0.29, 0.717) is 13.3 Å². The third-order valence-electron chi connectivity index (χ3n) is 1.13. The van der Waals surface area contributed by atoms with Gasteiger partial charge in [0.25, 0.3) is 0 Å². The average molecular weight is 113 g/mol. The van der Waals surface area contributed by atoms with Crippen LogP contribution < -0.4 is 5.32 Å². The van der Waals surface area contributed by atoms with E-state index in [1.165, 1.54) is 0 Å². The Morgan fingerprint density at radius 1 is 1.62 bits per heavy atom. The lowest BCUT2D eigenvalue weighted by molar-refractivity contribution is -0.403. The lowest BCUT2D eigenvalue weighted by Gasteiger charge is -2.34. The topological polar surface area (TPSA) is 42.9 Å². The van der Waals surface area contributed by atoms with Crippen molar-refractivity contribution in [3.05, 3.63) is 0 Å². The number of hydrogen-bond donors (Lipinski definition) is 1. The average Bonchev–Trinajstić information content (AvgIpc) is 2.07. The predicted molar refractivity (Wildman–Crippen MR) is 25.2 cm³/mol. The van der Waals surface area contributed by atoms with Gasteiger partial charge >= 0.3 is 6.03 Å². The number of hydrogen-bond acceptors (Lipinski definition) is 4. The van der Waals surface area contributed by atoms with E-state index in [0.717, 1.165) is 0 Å². The van der Waals surface area contributed by atoms with Gasteiger partial charge in [0.1, 0.15) is 0 Å². The smallest absolute Gasteiger partial charge is 0.291 e. The number of ether oxygens (including phenoxy) is 2. The van der Waals surface area contributed by atoms with E-state index in [1.807, 2.05) is 0 Å². The quantitative estimate of drug-likeness (QED) is 0.445. The van der Waals surface area contributed by atoms with Crippen molar-refractivity contribution in [2.24, 2.45) is 4.99 Å². The zero-order valence-corrected chi connectivity index (χ0v) is 4.18. The largest absolute Gasteiger partial charge is 0.339 e. The Bertz CT molecular complexity index is 130. The summed E-state index contributed by atoms with van der Waals surface area (Å²) < 4.78 is 9.83. The second kappa shape index (κ2) is 1.28. The van der Waals surface area contributed by atoms with Crippen LogP contribution in [0.2, 0.25) is 0 Å². The molecule has 0 unspecified atom stereocenters. The van der Waals surface area contributed by atoms with E-state index in [-0.39, 0.29) is 0 Å². The molecule has 2 aliphatic rings. The molecule has 1 spiro atoms. The van der Waals surface area contributed by atoms with Crippen LogP contribution in [0.15, 0.2) is 4.99 Å². The normalized spacial score (nSPS) is 31.0. The molecule has 0 saturated carbocycles. The molecule has 1 fully saturated rings. The highest BCUT2D eigenvalue weighted by Gasteiger charge is 2.41. The summed E-state index contributed by atoms with van der Waals surface area (Å²) in [5.74, 6) is 0. The lowest BCUT2D eigenvalue weighted by atomic mass is 10.7. The van der Waals surface area contributed by atoms with Gasteiger partial charge in [0.2, 0.25) is 0 Å². The molecule has 2 heterocycles. The van der Waals surface area contributed by atoms with E-state index >= 15 is 0 Å². The van der Waals surface area contributed by atoms with Crippen molar-refractivity contribution in [3.8, 4) is 0 Å². The fraction of sp³-hybridized carbons (Fsp3) is 0.750. The molecule has 4 nitrogen and oxygen atoms in total. The maximum absolute atomic E-state index is 4.92. The van der Waals surface area contributed by atoms with Gasteiger partial charge in [-0.15, -0.1) is 0 Å². The molecule has 1 radical (unpaired) electrons. The van der Waals surface area contributed by atoms with Crippen molar-refractivity contribution in [2.45, 2.75) is 6.03 Å². The lowest BCUT2D eigenvalue weighted by Crippen LogP contribution is -2.53. The third-order valence-corrected chi connectivity index (χ3v) is 1.13. The van der Waals surface area contributed by atoms with Gasteiger partial charge in [-0.05, 0) is 0 Å². The summed E-state index contributed by atoms with van der Waals surface area (Å²) in [6, 6.07) is -0.819. The number of nitrogens with one attached hydrogen (secondary N) is 1. The van der Waals surface area contributed by atoms with Gasteiger partial charge in [0.15, 0.2) is 6.79 Å². The van der Waals surface area contributed by atoms with Crippen molar-refractivity contribution >= 4 is 6.21 Å². The molecule has 0 aromatic carbocycles. The second-order valence-electron chi connectivity index (χ2n) is 1.61. The van der Waals surface area contributed by atoms with Gasteiger partial charge in [0.05, 0.1) is 6.21 Å². The van der Waals surface area contributed by atoms with Crippen LogP contribution in [0.25, 0.3) is 0 Å². The minimum absolute atomic E-state index is 0.332. The standard InChI is InChI=1S/C4H5N2O2/c1-2-6-4(5-1)7-3-8-4/h5H,1,3H2. The minimum atomic E-state index is -0.819. The molecule has 4 heteroatoms. The number of rotatable bonds is 0. The van der Waals surface area contributed by atoms with Gasteiger partial charge in [0, 0.05) is 6.54 Å². The molecule has 2 rings (SSSR count). The van der Waals surface area contributed by atoms with Crippen LogP contribution in [0.1, 0.15) is 0 Å². The highest BCUT2D eigenvalue weighted by molar-refractivity contribution is 5.62. The Kier molecular flexibility index (Phi) is 0.709. The van der Waals surface area contributed by atoms with Crippen LogP contribution >= 0.6 is 0 Å². The molecule has 0 aromatic heterocycles. The Hall–Kier alpha value is -0.450. The number of nitrogens with zero attached hydrogens (tertiary/aromatic N) is 1. The van der Waals surface area contributed by atoms with Gasteiger partial charge < -0.3 is 0 Å². The van der Waals surface area contributed by atoms with Crippen molar-refractivity contribution < 1.29 is 9.47 Å². The van der Waals surface area contributed by atoms with E-state index in [4.69, 9.17) is 9.47 Å². The van der Waals surface area contributed by atoms with Crippen LogP contribution in [-0.4, -0.2) is 25.6 Å². The molecule has 0 bridgehead atoms. The van der Waals surface area contributed by atoms with Crippen molar-refractivity contribution in [3.63, 3.8) is 0 Å². The summed E-state index contributed by atoms with van der Waals surface area (Å²) >= 11 is 0. The first-order valence-corrected chi connectivity index (χ1v) is 2.39. The Morgan fingerprint density at radius 3 is 2.75 bits per heavy atom. The van der Waals surface area contributed by atoms with Crippen molar-refractivity contribution in [1.29, 1.82) is 0 Å². The van der Waals surface area contributed by atoms with Crippen LogP contribution in [0, 0.1) is 0 Å². The third kappa shape index (κ3) is 0.419. The fourth-order valence-electron chi connectivity index (χ4n) is 0.672. The Morgan fingerprint density at radius 2 is 2.50 bits per heavy atom. The minimum Gasteiger partial charge on any atom is -0.291 e. The highest BCUT2D eigenvalue weighted by Crippen LogP contribution is 2.22. The van der Waals surface area contributed by atoms with E-state index < -0.39 is 6.03 Å². The van der Waals surface area contributed by atoms with Gasteiger partial charge in [-0.25, -0.2) is 10.3 Å². The second-order valence-corrected chi connectivity index (χ2v) is 1.61. The van der Waals surface area contributed by atoms with Crippen molar-refractivity contribution in [1.82, 2.24) is 5.32 Å². The van der Waals surface area contributed by atoms with E-state index in [9.17, 15) is 0 Å². The molecule has 1 saturated heterocycles. The van der Waals surface area contributed by atoms with Crippen LogP contribution in [0.3, 0.4) is 0 Å². The zero-order valence-electron chi connectivity index (χ0n) is 4.18. The monoisotopic (exact) mass is 113 g/mol. The van der Waals surface area contributed by atoms with Gasteiger partial charge in [-0.2, -0.15) is 0 Å². The maximum atomic E-state index is 4.92. The maximum Gasteiger partial charge on any atom is 0.339 e. The molecule has 43 valence electrons. The molecule has 8 heavy (non-hydrogen) atoms. The molecule has 0 amide bonds. The van der Waals surface area contributed by atoms with E-state index in [2.05, 4.69) is 16.5 Å². The summed E-state index contributed by atoms with van der Waals surface area (Å²) in [7, 11) is 0. The van der Waals surface area contributed by atoms with Crippen LogP contribution in [-0.2, 0) is 9.47 Å². The Labute approximate surface area is 46.5 Å². The first kappa shape index (κ1) is 4.43. The molecule has 1 N–H and O–H groups in total. The summed E-state index contributed by atoms with van der Waals surface area (Å²) in [6.07, 6.45) is 2.68. The van der Waals surface area contributed by atoms with E-state index in [1.54, 1.807) is 0 Å². The first-order valence-electron chi connectivity index (χ1n) is 2.39. The zero-order chi connectivity index (χ0) is 5.45. The molecular weight excluding hydrogens is 108 g/mol. The highest BCUT2D eigenvalue weighted by atomic mass is 16.9. The SMILES string of the molecule is [C]1=NC2(NC1)OCO2. The molecule has 0 aromatic rings. The fourth-order valence-corrected chi connectivity index (χ4v) is 0.672. The predicted octanol–water partition coefficient (Wildman–Crippen LogP) is -0.847. The number of aliphatic imine (C=N–C) groups is 1. The van der Waals surface area contributed by atoms with Crippen LogP contribution in [0.5, 0.6) is 0 Å².